The predicted octanol–water partition coefficient (Wildman–Crippen LogP) is 2.78. The fraction of sp³-hybridized carbons (Fsp3) is 0.294. The second-order valence-electron chi connectivity index (χ2n) is 5.35. The van der Waals surface area contributed by atoms with Crippen LogP contribution in [0.25, 0.3) is 0 Å². The number of rotatable bonds is 3. The number of thioether (sulfide) groups is 1. The number of benzene rings is 1. The lowest BCUT2D eigenvalue weighted by Gasteiger charge is -2.31. The molecule has 2 heterocycles. The predicted molar refractivity (Wildman–Crippen MR) is 87.8 cm³/mol. The summed E-state index contributed by atoms with van der Waals surface area (Å²) >= 11 is 1.31. The van der Waals surface area contributed by atoms with Gasteiger partial charge in [-0.2, -0.15) is 4.73 Å². The molecule has 0 saturated heterocycles. The molecule has 1 aliphatic rings. The van der Waals surface area contributed by atoms with Crippen molar-refractivity contribution in [2.45, 2.75) is 30.0 Å². The highest BCUT2D eigenvalue weighted by Crippen LogP contribution is 2.30. The van der Waals surface area contributed by atoms with Gasteiger partial charge in [-0.05, 0) is 49.2 Å². The van der Waals surface area contributed by atoms with E-state index in [1.165, 1.54) is 23.5 Å². The van der Waals surface area contributed by atoms with Crippen molar-refractivity contribution in [1.29, 1.82) is 0 Å². The van der Waals surface area contributed by atoms with Crippen molar-refractivity contribution in [2.75, 3.05) is 11.4 Å². The topological polar surface area (TPSA) is 47.2 Å². The molecule has 1 aromatic carbocycles. The van der Waals surface area contributed by atoms with Crippen molar-refractivity contribution in [2.24, 2.45) is 0 Å². The number of carbonyl (C=O) groups is 1. The molecule has 1 amide bonds. The molecule has 0 saturated carbocycles. The molecule has 114 valence electrons. The Morgan fingerprint density at radius 3 is 2.86 bits per heavy atom. The van der Waals surface area contributed by atoms with E-state index in [2.05, 4.69) is 6.07 Å². The molecule has 1 atom stereocenters. The third-order valence-corrected chi connectivity index (χ3v) is 4.92. The number of aromatic nitrogens is 1. The number of hydrogen-bond donors (Lipinski definition) is 0. The molecule has 22 heavy (non-hydrogen) atoms. The maximum absolute atomic E-state index is 12.8. The first kappa shape index (κ1) is 14.9. The highest BCUT2D eigenvalue weighted by Gasteiger charge is 2.28. The largest absolute Gasteiger partial charge is 0.618 e. The minimum absolute atomic E-state index is 0.0565. The summed E-state index contributed by atoms with van der Waals surface area (Å²) in [5, 5.41) is 12.0. The van der Waals surface area contributed by atoms with Crippen LogP contribution in [0.4, 0.5) is 5.69 Å². The van der Waals surface area contributed by atoms with Gasteiger partial charge >= 0.3 is 0 Å². The number of pyridine rings is 1. The molecule has 0 radical (unpaired) electrons. The molecular formula is C17H18N2O2S. The van der Waals surface area contributed by atoms with E-state index in [9.17, 15) is 10.0 Å². The van der Waals surface area contributed by atoms with Gasteiger partial charge in [0, 0.05) is 24.4 Å². The molecule has 4 nitrogen and oxygen atoms in total. The van der Waals surface area contributed by atoms with Gasteiger partial charge < -0.3 is 10.1 Å². The number of amides is 1. The van der Waals surface area contributed by atoms with Crippen LogP contribution in [-0.2, 0) is 11.2 Å². The normalized spacial score (nSPS) is 15.2. The molecule has 0 fully saturated rings. The Morgan fingerprint density at radius 1 is 1.27 bits per heavy atom. The summed E-state index contributed by atoms with van der Waals surface area (Å²) in [7, 11) is 0. The third-order valence-electron chi connectivity index (χ3n) is 3.81. The lowest BCUT2D eigenvalue weighted by atomic mass is 10.0. The van der Waals surface area contributed by atoms with Crippen molar-refractivity contribution in [3.8, 4) is 0 Å². The summed E-state index contributed by atoms with van der Waals surface area (Å²) in [4.78, 5) is 14.6. The van der Waals surface area contributed by atoms with Gasteiger partial charge in [0.2, 0.25) is 5.91 Å². The number of nitrogens with zero attached hydrogens (tertiary/aromatic N) is 2. The molecule has 0 aliphatic carbocycles. The molecule has 1 aromatic heterocycles. The van der Waals surface area contributed by atoms with Gasteiger partial charge in [-0.25, -0.2) is 0 Å². The van der Waals surface area contributed by atoms with Crippen LogP contribution in [0.1, 0.15) is 18.9 Å². The average Bonchev–Trinajstić information content (AvgIpc) is 2.55. The maximum Gasteiger partial charge on any atom is 0.252 e. The second kappa shape index (κ2) is 6.40. The first-order valence-electron chi connectivity index (χ1n) is 7.41. The zero-order chi connectivity index (χ0) is 15.5. The van der Waals surface area contributed by atoms with Crippen molar-refractivity contribution < 1.29 is 9.52 Å². The summed E-state index contributed by atoms with van der Waals surface area (Å²) < 4.78 is 0.804. The van der Waals surface area contributed by atoms with Crippen LogP contribution in [0, 0.1) is 5.21 Å². The third kappa shape index (κ3) is 2.95. The molecule has 1 aliphatic heterocycles. The lowest BCUT2D eigenvalue weighted by Crippen LogP contribution is -2.40. The van der Waals surface area contributed by atoms with E-state index in [1.807, 2.05) is 36.1 Å². The first-order valence-corrected chi connectivity index (χ1v) is 8.29. The Balaban J connectivity index is 1.78. The number of anilines is 1. The van der Waals surface area contributed by atoms with Gasteiger partial charge in [0.05, 0.1) is 5.25 Å². The molecule has 0 spiro atoms. The van der Waals surface area contributed by atoms with E-state index >= 15 is 0 Å². The summed E-state index contributed by atoms with van der Waals surface area (Å²) in [6.07, 6.45) is 3.45. The summed E-state index contributed by atoms with van der Waals surface area (Å²) in [6.45, 7) is 2.60. The van der Waals surface area contributed by atoms with Crippen LogP contribution in [0.3, 0.4) is 0 Å². The van der Waals surface area contributed by atoms with Crippen LogP contribution in [-0.4, -0.2) is 17.7 Å². The highest BCUT2D eigenvalue weighted by molar-refractivity contribution is 8.00. The molecular weight excluding hydrogens is 296 g/mol. The zero-order valence-corrected chi connectivity index (χ0v) is 13.3. The number of carbonyl (C=O) groups excluding carboxylic acids is 1. The quantitative estimate of drug-likeness (QED) is 0.497. The Kier molecular flexibility index (Phi) is 4.34. The Hall–Kier alpha value is -2.01. The summed E-state index contributed by atoms with van der Waals surface area (Å²) in [5.41, 5.74) is 2.23. The smallest absolute Gasteiger partial charge is 0.252 e. The molecule has 5 heteroatoms. The maximum atomic E-state index is 12.8. The molecule has 2 aromatic rings. The van der Waals surface area contributed by atoms with Crippen molar-refractivity contribution >= 4 is 23.4 Å². The number of para-hydroxylation sites is 1. The first-order chi connectivity index (χ1) is 10.7. The van der Waals surface area contributed by atoms with Crippen LogP contribution < -0.4 is 9.63 Å². The van der Waals surface area contributed by atoms with Crippen LogP contribution >= 0.6 is 11.8 Å². The Labute approximate surface area is 134 Å². The number of aryl methyl sites for hydroxylation is 1. The Morgan fingerprint density at radius 2 is 2.05 bits per heavy atom. The Bertz CT molecular complexity index is 690. The van der Waals surface area contributed by atoms with E-state index in [1.54, 1.807) is 12.1 Å². The minimum atomic E-state index is -0.297. The van der Waals surface area contributed by atoms with Crippen LogP contribution in [0.5, 0.6) is 0 Å². The summed E-state index contributed by atoms with van der Waals surface area (Å²) in [6, 6.07) is 13.3. The van der Waals surface area contributed by atoms with E-state index in [4.69, 9.17) is 0 Å². The number of hydrogen-bond acceptors (Lipinski definition) is 3. The second-order valence-corrected chi connectivity index (χ2v) is 6.71. The molecule has 0 N–H and O–H groups in total. The number of fused-ring (bicyclic) bond motifs is 1. The fourth-order valence-corrected chi connectivity index (χ4v) is 3.63. The van der Waals surface area contributed by atoms with E-state index in [0.29, 0.717) is 5.03 Å². The molecule has 0 bridgehead atoms. The minimum Gasteiger partial charge on any atom is -0.618 e. The fourth-order valence-electron chi connectivity index (χ4n) is 2.72. The van der Waals surface area contributed by atoms with E-state index < -0.39 is 0 Å². The highest BCUT2D eigenvalue weighted by atomic mass is 32.2. The van der Waals surface area contributed by atoms with Gasteiger partial charge in [0.25, 0.3) is 5.03 Å². The monoisotopic (exact) mass is 314 g/mol. The molecule has 1 unspecified atom stereocenters. The van der Waals surface area contributed by atoms with Gasteiger partial charge in [0.15, 0.2) is 6.20 Å². The van der Waals surface area contributed by atoms with E-state index in [-0.39, 0.29) is 11.2 Å². The van der Waals surface area contributed by atoms with Gasteiger partial charge in [-0.1, -0.05) is 18.2 Å². The van der Waals surface area contributed by atoms with Gasteiger partial charge in [0.1, 0.15) is 0 Å². The van der Waals surface area contributed by atoms with E-state index in [0.717, 1.165) is 29.8 Å². The zero-order valence-electron chi connectivity index (χ0n) is 12.4. The molecule has 3 rings (SSSR count). The SMILES string of the molecule is CC(Sc1cccc[n+]1[O-])C(=O)N1CCCc2ccccc21. The van der Waals surface area contributed by atoms with Gasteiger partial charge in [-0.3, -0.25) is 4.79 Å². The van der Waals surface area contributed by atoms with Gasteiger partial charge in [-0.15, -0.1) is 0 Å². The van der Waals surface area contributed by atoms with Crippen LogP contribution in [0.15, 0.2) is 53.7 Å². The van der Waals surface area contributed by atoms with Crippen molar-refractivity contribution in [3.05, 3.63) is 59.4 Å². The van der Waals surface area contributed by atoms with Crippen molar-refractivity contribution in [3.63, 3.8) is 0 Å². The van der Waals surface area contributed by atoms with Crippen molar-refractivity contribution in [1.82, 2.24) is 0 Å². The summed E-state index contributed by atoms with van der Waals surface area (Å²) in [5.74, 6) is 0.0565. The van der Waals surface area contributed by atoms with Crippen LogP contribution in [0.2, 0.25) is 0 Å². The standard InChI is InChI=1S/C17H18N2O2S/c1-13(22-16-10-4-5-12-19(16)21)17(20)18-11-6-8-14-7-2-3-9-15(14)18/h2-5,7,9-10,12-13H,6,8,11H2,1H3. The lowest BCUT2D eigenvalue weighted by molar-refractivity contribution is -0.645. The average molecular weight is 314 g/mol.